The molecule has 248 valence electrons. The Hall–Kier alpha value is -5.94. The van der Waals surface area contributed by atoms with Gasteiger partial charge >= 0.3 is 30.3 Å². The normalized spacial score (nSPS) is 12.6. The maximum absolute atomic E-state index is 13.2. The van der Waals surface area contributed by atoms with Crippen LogP contribution in [0.25, 0.3) is 0 Å². The largest absolute Gasteiger partial charge is 0.478 e. The van der Waals surface area contributed by atoms with E-state index in [9.17, 15) is 60.2 Å². The van der Waals surface area contributed by atoms with Crippen LogP contribution in [0.5, 0.6) is 0 Å². The van der Waals surface area contributed by atoms with Crippen LogP contribution >= 0.6 is 0 Å². The molecular weight excluding hydrogens is 648 g/mol. The number of halogens is 6. The summed E-state index contributed by atoms with van der Waals surface area (Å²) >= 11 is 0. The van der Waals surface area contributed by atoms with E-state index in [4.69, 9.17) is 9.47 Å². The minimum absolute atomic E-state index is 0.123. The fourth-order valence-electron chi connectivity index (χ4n) is 3.68. The summed E-state index contributed by atoms with van der Waals surface area (Å²) in [5.74, 6) is -8.75. The number of carbonyl (C=O) groups excluding carboxylic acids is 5. The van der Waals surface area contributed by atoms with Crippen LogP contribution in [0.4, 0.5) is 32.0 Å². The van der Waals surface area contributed by atoms with Gasteiger partial charge in [0.1, 0.15) is 0 Å². The zero-order chi connectivity index (χ0) is 35.1. The lowest BCUT2D eigenvalue weighted by atomic mass is 10.1. The summed E-state index contributed by atoms with van der Waals surface area (Å²) in [5.41, 5.74) is -0.535. The lowest BCUT2D eigenvalue weighted by Gasteiger charge is -2.24. The third-order valence-electron chi connectivity index (χ3n) is 5.86. The van der Waals surface area contributed by atoms with Gasteiger partial charge in [0.2, 0.25) is 18.1 Å². The number of carbonyl (C=O) groups is 6. The van der Waals surface area contributed by atoms with E-state index in [1.54, 1.807) is 5.43 Å². The lowest BCUT2D eigenvalue weighted by Crippen LogP contribution is -2.54. The molecule has 0 saturated carbocycles. The molecule has 0 aliphatic heterocycles. The van der Waals surface area contributed by atoms with E-state index >= 15 is 0 Å². The Kier molecular flexibility index (Phi) is 10.9. The number of ether oxygens (including phenoxy) is 2. The Labute approximate surface area is 259 Å². The van der Waals surface area contributed by atoms with E-state index in [0.29, 0.717) is 30.0 Å². The monoisotopic (exact) mass is 669 g/mol. The number of esters is 2. The van der Waals surface area contributed by atoms with Gasteiger partial charge in [-0.05, 0) is 60.7 Å². The van der Waals surface area contributed by atoms with Crippen LogP contribution in [-0.4, -0.2) is 52.9 Å². The molecule has 0 aliphatic carbocycles. The Balaban J connectivity index is 1.90. The molecule has 0 bridgehead atoms. The molecule has 47 heavy (non-hydrogen) atoms. The number of carboxylic acids is 1. The predicted molar refractivity (Wildman–Crippen MR) is 145 cm³/mol. The second-order valence-electron chi connectivity index (χ2n) is 9.35. The maximum atomic E-state index is 13.2. The zero-order valence-electron chi connectivity index (χ0n) is 23.6. The molecule has 3 amide bonds. The molecule has 0 unspecified atom stereocenters. The number of hydrazine groups is 1. The average molecular weight is 669 g/mol. The summed E-state index contributed by atoms with van der Waals surface area (Å²) in [6, 6.07) is 10.1. The van der Waals surface area contributed by atoms with Crippen LogP contribution in [0.1, 0.15) is 49.1 Å². The quantitative estimate of drug-likeness (QED) is 0.149. The third kappa shape index (κ3) is 9.77. The lowest BCUT2D eigenvalue weighted by molar-refractivity contribution is -0.159. The van der Waals surface area contributed by atoms with Gasteiger partial charge in [-0.2, -0.15) is 26.3 Å². The fourth-order valence-corrected chi connectivity index (χ4v) is 3.68. The van der Waals surface area contributed by atoms with E-state index < -0.39 is 82.4 Å². The van der Waals surface area contributed by atoms with Gasteiger partial charge in [0, 0.05) is 18.2 Å². The Morgan fingerprint density at radius 2 is 1.13 bits per heavy atom. The Bertz CT molecular complexity index is 1690. The molecule has 3 aromatic carbocycles. The molecule has 2 atom stereocenters. The number of benzene rings is 3. The van der Waals surface area contributed by atoms with Crippen molar-refractivity contribution >= 4 is 41.3 Å². The molecule has 0 heterocycles. The number of amides is 3. The highest BCUT2D eigenvalue weighted by Gasteiger charge is 2.42. The summed E-state index contributed by atoms with van der Waals surface area (Å²) < 4.78 is 88.5. The first-order valence-corrected chi connectivity index (χ1v) is 12.8. The first-order valence-electron chi connectivity index (χ1n) is 12.8. The first-order chi connectivity index (χ1) is 21.9. The molecule has 0 fully saturated rings. The number of anilines is 1. The minimum atomic E-state index is -4.93. The van der Waals surface area contributed by atoms with Gasteiger partial charge in [-0.1, -0.05) is 12.1 Å². The molecular formula is C29H21F6N3O9. The van der Waals surface area contributed by atoms with E-state index in [-0.39, 0.29) is 5.56 Å². The molecule has 3 aromatic rings. The van der Waals surface area contributed by atoms with Crippen LogP contribution in [0.2, 0.25) is 0 Å². The molecule has 3 rings (SSSR count). The van der Waals surface area contributed by atoms with Crippen LogP contribution < -0.4 is 16.2 Å². The average Bonchev–Trinajstić information content (AvgIpc) is 3.00. The van der Waals surface area contributed by atoms with Crippen LogP contribution in [0, 0.1) is 0 Å². The molecule has 0 spiro atoms. The van der Waals surface area contributed by atoms with Gasteiger partial charge in [-0.15, -0.1) is 0 Å². The van der Waals surface area contributed by atoms with Gasteiger partial charge < -0.3 is 19.9 Å². The van der Waals surface area contributed by atoms with Crippen LogP contribution in [-0.2, 0) is 36.2 Å². The van der Waals surface area contributed by atoms with Crippen molar-refractivity contribution in [2.45, 2.75) is 31.5 Å². The molecule has 0 aromatic heterocycles. The SMILES string of the molecule is CC(=O)Nc1ccc(C(=O)NNC(=O)[C@@H](OC(=O)c2cccc(C(F)(F)F)c2)[C@@H](OC(=O)c2cccc(C(F)(F)F)c2)C(=O)O)cc1. The van der Waals surface area contributed by atoms with Crippen molar-refractivity contribution in [3.63, 3.8) is 0 Å². The molecule has 0 radical (unpaired) electrons. The van der Waals surface area contributed by atoms with Crippen molar-refractivity contribution in [1.82, 2.24) is 10.9 Å². The number of alkyl halides is 6. The highest BCUT2D eigenvalue weighted by molar-refractivity contribution is 5.99. The van der Waals surface area contributed by atoms with Crippen molar-refractivity contribution in [2.24, 2.45) is 0 Å². The van der Waals surface area contributed by atoms with E-state index in [0.717, 1.165) is 24.3 Å². The summed E-state index contributed by atoms with van der Waals surface area (Å²) in [6.45, 7) is 1.23. The standard InChI is InChI=1S/C29H21F6N3O9/c1-14(39)36-20-10-8-15(9-11-20)23(40)37-38-24(41)21(46-26(44)16-4-2-6-18(12-16)28(30,31)32)22(25(42)43)47-27(45)17-5-3-7-19(13-17)29(33,34)35/h2-13,21-22H,1H3,(H,36,39)(H,37,40)(H,38,41)(H,42,43)/t21-,22+/m0/s1. The van der Waals surface area contributed by atoms with Gasteiger partial charge in [-0.25, -0.2) is 14.4 Å². The molecule has 18 heteroatoms. The fraction of sp³-hybridized carbons (Fsp3) is 0.172. The topological polar surface area (TPSA) is 177 Å². The number of aliphatic carboxylic acids is 1. The predicted octanol–water partition coefficient (Wildman–Crippen LogP) is 3.98. The maximum Gasteiger partial charge on any atom is 0.416 e. The number of nitrogens with one attached hydrogen (secondary N) is 3. The first kappa shape index (κ1) is 35.5. The molecule has 4 N–H and O–H groups in total. The van der Waals surface area contributed by atoms with Crippen molar-refractivity contribution < 1.29 is 69.7 Å². The summed E-state index contributed by atoms with van der Waals surface area (Å²) in [7, 11) is 0. The number of hydrogen-bond acceptors (Lipinski definition) is 8. The highest BCUT2D eigenvalue weighted by Crippen LogP contribution is 2.31. The number of carboxylic acid groups (broad SMARTS) is 1. The van der Waals surface area contributed by atoms with E-state index in [1.165, 1.54) is 31.2 Å². The zero-order valence-corrected chi connectivity index (χ0v) is 23.6. The number of hydrogen-bond donors (Lipinski definition) is 4. The highest BCUT2D eigenvalue weighted by atomic mass is 19.4. The molecule has 0 saturated heterocycles. The molecule has 12 nitrogen and oxygen atoms in total. The summed E-state index contributed by atoms with van der Waals surface area (Å²) in [6.07, 6.45) is -15.4. The van der Waals surface area contributed by atoms with E-state index in [2.05, 4.69) is 5.32 Å². The van der Waals surface area contributed by atoms with Gasteiger partial charge in [0.25, 0.3) is 11.8 Å². The minimum Gasteiger partial charge on any atom is -0.478 e. The van der Waals surface area contributed by atoms with Gasteiger partial charge in [-0.3, -0.25) is 25.2 Å². The summed E-state index contributed by atoms with van der Waals surface area (Å²) in [4.78, 5) is 74.4. The molecule has 0 aliphatic rings. The second-order valence-corrected chi connectivity index (χ2v) is 9.35. The number of rotatable bonds is 9. The smallest absolute Gasteiger partial charge is 0.416 e. The van der Waals surface area contributed by atoms with Crippen LogP contribution in [0.3, 0.4) is 0 Å². The summed E-state index contributed by atoms with van der Waals surface area (Å²) in [5, 5.41) is 12.2. The van der Waals surface area contributed by atoms with Gasteiger partial charge in [0.05, 0.1) is 22.3 Å². The Morgan fingerprint density at radius 1 is 0.660 bits per heavy atom. The second kappa shape index (κ2) is 14.4. The van der Waals surface area contributed by atoms with E-state index in [1.807, 2.05) is 5.43 Å². The third-order valence-corrected chi connectivity index (χ3v) is 5.86. The van der Waals surface area contributed by atoms with Crippen molar-refractivity contribution in [1.29, 1.82) is 0 Å². The Morgan fingerprint density at radius 3 is 1.55 bits per heavy atom. The van der Waals surface area contributed by atoms with Crippen LogP contribution in [0.15, 0.2) is 72.8 Å². The van der Waals surface area contributed by atoms with Crippen molar-refractivity contribution in [3.05, 3.63) is 101 Å². The van der Waals surface area contributed by atoms with Crippen molar-refractivity contribution in [2.75, 3.05) is 5.32 Å². The van der Waals surface area contributed by atoms with Crippen molar-refractivity contribution in [3.8, 4) is 0 Å². The van der Waals surface area contributed by atoms with Gasteiger partial charge in [0.15, 0.2) is 0 Å².